The van der Waals surface area contributed by atoms with Gasteiger partial charge in [0, 0.05) is 22.2 Å². The molecule has 3 aromatic carbocycles. The summed E-state index contributed by atoms with van der Waals surface area (Å²) in [6.07, 6.45) is 0.518. The maximum absolute atomic E-state index is 13.5. The van der Waals surface area contributed by atoms with Gasteiger partial charge in [-0.3, -0.25) is 4.79 Å². The van der Waals surface area contributed by atoms with Crippen LogP contribution in [0.3, 0.4) is 0 Å². The van der Waals surface area contributed by atoms with Crippen LogP contribution >= 0.6 is 23.4 Å². The summed E-state index contributed by atoms with van der Waals surface area (Å²) in [5.41, 5.74) is 6.14. The van der Waals surface area contributed by atoms with E-state index in [1.54, 1.807) is 19.2 Å². The number of benzene rings is 3. The summed E-state index contributed by atoms with van der Waals surface area (Å²) in [4.78, 5) is 18.4. The van der Waals surface area contributed by atoms with Crippen LogP contribution in [-0.4, -0.2) is 30.4 Å². The number of rotatable bonds is 9. The summed E-state index contributed by atoms with van der Waals surface area (Å²) >= 11 is 7.52. The fourth-order valence-electron chi connectivity index (χ4n) is 4.19. The number of hydrogen-bond donors (Lipinski definition) is 1. The van der Waals surface area contributed by atoms with Crippen LogP contribution < -0.4 is 14.8 Å². The Morgan fingerprint density at radius 3 is 2.30 bits per heavy atom. The number of nitriles is 1. The third kappa shape index (κ3) is 6.41. The second-order valence-electron chi connectivity index (χ2n) is 9.25. The molecule has 4 aromatic rings. The number of pyridine rings is 1. The summed E-state index contributed by atoms with van der Waals surface area (Å²) in [7, 11) is 3.15. The van der Waals surface area contributed by atoms with E-state index in [4.69, 9.17) is 26.1 Å². The molecule has 1 unspecified atom stereocenters. The van der Waals surface area contributed by atoms with Gasteiger partial charge in [0.05, 0.1) is 36.4 Å². The first-order valence-electron chi connectivity index (χ1n) is 12.8. The predicted molar refractivity (Wildman–Crippen MR) is 162 cm³/mol. The van der Waals surface area contributed by atoms with Gasteiger partial charge in [0.15, 0.2) is 0 Å². The maximum atomic E-state index is 13.5. The quantitative estimate of drug-likeness (QED) is 0.204. The molecule has 1 N–H and O–H groups in total. The number of aromatic nitrogens is 1. The van der Waals surface area contributed by atoms with E-state index in [9.17, 15) is 10.1 Å². The fourth-order valence-corrected chi connectivity index (χ4v) is 5.37. The number of aryl methyl sites for hydroxylation is 2. The number of hydrogen-bond acceptors (Lipinski definition) is 6. The van der Waals surface area contributed by atoms with Crippen molar-refractivity contribution in [3.8, 4) is 40.0 Å². The van der Waals surface area contributed by atoms with Gasteiger partial charge >= 0.3 is 0 Å². The van der Waals surface area contributed by atoms with E-state index < -0.39 is 5.25 Å². The summed E-state index contributed by atoms with van der Waals surface area (Å²) in [5, 5.41) is 13.8. The zero-order valence-corrected chi connectivity index (χ0v) is 24.6. The fraction of sp³-hybridized carbons (Fsp3) is 0.219. The second kappa shape index (κ2) is 12.9. The number of thioether (sulfide) groups is 1. The lowest BCUT2D eigenvalue weighted by Gasteiger charge is -2.19. The highest BCUT2D eigenvalue weighted by Crippen LogP contribution is 2.38. The van der Waals surface area contributed by atoms with E-state index in [1.807, 2.05) is 75.4 Å². The monoisotopic (exact) mass is 571 g/mol. The Labute approximate surface area is 244 Å². The molecule has 0 bridgehead atoms. The van der Waals surface area contributed by atoms with Gasteiger partial charge in [0.25, 0.3) is 0 Å². The van der Waals surface area contributed by atoms with Crippen molar-refractivity contribution >= 4 is 35.0 Å². The van der Waals surface area contributed by atoms with Crippen LogP contribution in [0, 0.1) is 25.2 Å². The third-order valence-electron chi connectivity index (χ3n) is 6.50. The first-order chi connectivity index (χ1) is 19.3. The minimum absolute atomic E-state index is 0.218. The van der Waals surface area contributed by atoms with E-state index in [-0.39, 0.29) is 5.91 Å². The molecule has 1 amide bonds. The molecule has 1 aromatic heterocycles. The van der Waals surface area contributed by atoms with E-state index in [1.165, 1.54) is 18.9 Å². The van der Waals surface area contributed by atoms with Gasteiger partial charge in [-0.05, 0) is 67.8 Å². The summed E-state index contributed by atoms with van der Waals surface area (Å²) in [6, 6.07) is 23.4. The van der Waals surface area contributed by atoms with Gasteiger partial charge < -0.3 is 14.8 Å². The average molecular weight is 572 g/mol. The molecule has 204 valence electrons. The highest BCUT2D eigenvalue weighted by atomic mass is 35.5. The van der Waals surface area contributed by atoms with Crippen molar-refractivity contribution in [3.05, 3.63) is 88.4 Å². The minimum Gasteiger partial charge on any atom is -0.497 e. The molecule has 4 rings (SSSR count). The third-order valence-corrected chi connectivity index (χ3v) is 8.26. The molecular weight excluding hydrogens is 542 g/mol. The van der Waals surface area contributed by atoms with Crippen molar-refractivity contribution in [1.29, 1.82) is 5.26 Å². The number of amides is 1. The molecule has 0 saturated heterocycles. The number of carbonyl (C=O) groups excluding carboxylic acids is 1. The van der Waals surface area contributed by atoms with Gasteiger partial charge in [-0.2, -0.15) is 5.26 Å². The molecule has 0 aliphatic rings. The van der Waals surface area contributed by atoms with Crippen molar-refractivity contribution in [1.82, 2.24) is 4.98 Å². The average Bonchev–Trinajstić information content (AvgIpc) is 2.97. The number of halogens is 1. The van der Waals surface area contributed by atoms with Gasteiger partial charge in [-0.25, -0.2) is 4.98 Å². The molecule has 1 heterocycles. The first-order valence-corrected chi connectivity index (χ1v) is 14.0. The topological polar surface area (TPSA) is 84.2 Å². The Morgan fingerprint density at radius 2 is 1.70 bits per heavy atom. The molecule has 0 spiro atoms. The van der Waals surface area contributed by atoms with E-state index in [0.717, 1.165) is 33.6 Å². The first kappa shape index (κ1) is 29.0. The maximum Gasteiger partial charge on any atom is 0.238 e. The molecular formula is C32H30ClN3O3S. The highest BCUT2D eigenvalue weighted by Gasteiger charge is 2.24. The number of methoxy groups -OCH3 is 2. The van der Waals surface area contributed by atoms with E-state index >= 15 is 0 Å². The van der Waals surface area contributed by atoms with Crippen LogP contribution in [-0.2, 0) is 4.79 Å². The summed E-state index contributed by atoms with van der Waals surface area (Å²) in [5.74, 6) is 0.995. The molecule has 40 heavy (non-hydrogen) atoms. The second-order valence-corrected chi connectivity index (χ2v) is 10.8. The van der Waals surface area contributed by atoms with Crippen molar-refractivity contribution in [2.45, 2.75) is 37.5 Å². The molecule has 6 nitrogen and oxygen atoms in total. The van der Waals surface area contributed by atoms with Crippen molar-refractivity contribution in [2.75, 3.05) is 19.5 Å². The Bertz CT molecular complexity index is 1560. The van der Waals surface area contributed by atoms with Gasteiger partial charge in [-0.15, -0.1) is 0 Å². The largest absolute Gasteiger partial charge is 0.497 e. The van der Waals surface area contributed by atoms with Crippen molar-refractivity contribution in [2.24, 2.45) is 0 Å². The lowest BCUT2D eigenvalue weighted by atomic mass is 9.98. The normalized spacial score (nSPS) is 11.4. The number of anilines is 1. The standard InChI is InChI=1S/C32H30ClN3O3S/c1-6-30(31(37)35-28-15-20(3)26(33)17-29(28)39-5)40-32-25(18-34)24(21-9-7-19(2)8-10-21)16-27(36-32)22-11-13-23(38-4)14-12-22/h7-17,30H,6H2,1-5H3,(H,35,37). The zero-order valence-electron chi connectivity index (χ0n) is 23.0. The highest BCUT2D eigenvalue weighted by molar-refractivity contribution is 8.00. The summed E-state index contributed by atoms with van der Waals surface area (Å²) in [6.45, 7) is 5.82. The summed E-state index contributed by atoms with van der Waals surface area (Å²) < 4.78 is 10.7. The van der Waals surface area contributed by atoms with Gasteiger partial charge in [0.2, 0.25) is 5.91 Å². The molecule has 8 heteroatoms. The number of nitrogens with one attached hydrogen (secondary N) is 1. The van der Waals surface area contributed by atoms with Crippen LogP contribution in [0.1, 0.15) is 30.0 Å². The Balaban J connectivity index is 1.76. The van der Waals surface area contributed by atoms with Crippen LogP contribution in [0.15, 0.2) is 71.8 Å². The molecule has 1 atom stereocenters. The molecule has 0 saturated carbocycles. The van der Waals surface area contributed by atoms with Crippen molar-refractivity contribution < 1.29 is 14.3 Å². The SMILES string of the molecule is CCC(Sc1nc(-c2ccc(OC)cc2)cc(-c2ccc(C)cc2)c1C#N)C(=O)Nc1cc(C)c(Cl)cc1OC. The van der Waals surface area contributed by atoms with E-state index in [2.05, 4.69) is 11.4 Å². The van der Waals surface area contributed by atoms with E-state index in [0.29, 0.717) is 39.2 Å². The zero-order chi connectivity index (χ0) is 28.8. The van der Waals surface area contributed by atoms with Crippen LogP contribution in [0.25, 0.3) is 22.4 Å². The molecule has 0 aliphatic carbocycles. The lowest BCUT2D eigenvalue weighted by molar-refractivity contribution is -0.115. The van der Waals surface area contributed by atoms with Crippen LogP contribution in [0.4, 0.5) is 5.69 Å². The number of carbonyl (C=O) groups is 1. The van der Waals surface area contributed by atoms with Gasteiger partial charge in [-0.1, -0.05) is 60.1 Å². The Morgan fingerprint density at radius 1 is 1.02 bits per heavy atom. The minimum atomic E-state index is -0.516. The number of ether oxygens (including phenoxy) is 2. The van der Waals surface area contributed by atoms with Crippen LogP contribution in [0.5, 0.6) is 11.5 Å². The molecule has 0 fully saturated rings. The van der Waals surface area contributed by atoms with Crippen molar-refractivity contribution in [3.63, 3.8) is 0 Å². The van der Waals surface area contributed by atoms with Gasteiger partial charge in [0.1, 0.15) is 22.6 Å². The molecule has 0 aliphatic heterocycles. The predicted octanol–water partition coefficient (Wildman–Crippen LogP) is 8.08. The lowest BCUT2D eigenvalue weighted by Crippen LogP contribution is -2.25. The van der Waals surface area contributed by atoms with Crippen LogP contribution in [0.2, 0.25) is 5.02 Å². The molecule has 0 radical (unpaired) electrons. The Kier molecular flexibility index (Phi) is 9.36. The number of nitrogens with zero attached hydrogens (tertiary/aromatic N) is 2. The smallest absolute Gasteiger partial charge is 0.238 e. The Hall–Kier alpha value is -3.99.